The molecule has 112 valence electrons. The predicted molar refractivity (Wildman–Crippen MR) is 69.1 cm³/mol. The first kappa shape index (κ1) is 16.5. The van der Waals surface area contributed by atoms with E-state index < -0.39 is 12.1 Å². The minimum absolute atomic E-state index is 0.0653. The van der Waals surface area contributed by atoms with Crippen LogP contribution in [0, 0.1) is 0 Å². The molecule has 0 saturated heterocycles. The van der Waals surface area contributed by atoms with E-state index in [9.17, 15) is 18.0 Å². The topological polar surface area (TPSA) is 61.4 Å². The minimum Gasteiger partial charge on any atom is -0.396 e. The number of rotatable bonds is 6. The SMILES string of the molecule is CC(CCO)NCc1cccc(NC(=O)C(F)(F)F)c1. The summed E-state index contributed by atoms with van der Waals surface area (Å²) in [7, 11) is 0. The largest absolute Gasteiger partial charge is 0.471 e. The van der Waals surface area contributed by atoms with Crippen molar-refractivity contribution in [2.45, 2.75) is 32.1 Å². The summed E-state index contributed by atoms with van der Waals surface area (Å²) >= 11 is 0. The van der Waals surface area contributed by atoms with Crippen molar-refractivity contribution in [1.29, 1.82) is 0 Å². The molecule has 4 nitrogen and oxygen atoms in total. The van der Waals surface area contributed by atoms with Gasteiger partial charge < -0.3 is 15.7 Å². The molecule has 7 heteroatoms. The van der Waals surface area contributed by atoms with E-state index in [1.807, 2.05) is 6.92 Å². The molecule has 0 saturated carbocycles. The molecule has 0 radical (unpaired) electrons. The molecular weight excluding hydrogens is 273 g/mol. The molecule has 3 N–H and O–H groups in total. The van der Waals surface area contributed by atoms with Crippen molar-refractivity contribution in [2.24, 2.45) is 0 Å². The second-order valence-electron chi connectivity index (χ2n) is 4.45. The van der Waals surface area contributed by atoms with Crippen LogP contribution in [0.25, 0.3) is 0 Å². The zero-order valence-corrected chi connectivity index (χ0v) is 11.0. The highest BCUT2D eigenvalue weighted by Crippen LogP contribution is 2.18. The maximum absolute atomic E-state index is 12.1. The van der Waals surface area contributed by atoms with Crippen molar-refractivity contribution in [2.75, 3.05) is 11.9 Å². The Kier molecular flexibility index (Phi) is 5.97. The van der Waals surface area contributed by atoms with Crippen LogP contribution in [0.3, 0.4) is 0 Å². The molecule has 0 aliphatic heterocycles. The summed E-state index contributed by atoms with van der Waals surface area (Å²) in [5, 5.41) is 13.7. The Morgan fingerprint density at radius 1 is 1.40 bits per heavy atom. The maximum Gasteiger partial charge on any atom is 0.471 e. The number of hydrogen-bond donors (Lipinski definition) is 3. The molecule has 1 rings (SSSR count). The first-order valence-corrected chi connectivity index (χ1v) is 6.14. The Labute approximate surface area is 115 Å². The number of hydrogen-bond acceptors (Lipinski definition) is 3. The fourth-order valence-electron chi connectivity index (χ4n) is 1.55. The molecule has 20 heavy (non-hydrogen) atoms. The molecule has 0 aliphatic carbocycles. The lowest BCUT2D eigenvalue weighted by molar-refractivity contribution is -0.167. The van der Waals surface area contributed by atoms with E-state index in [0.29, 0.717) is 13.0 Å². The van der Waals surface area contributed by atoms with Gasteiger partial charge in [0.05, 0.1) is 0 Å². The number of aliphatic hydroxyl groups is 1. The van der Waals surface area contributed by atoms with Crippen LogP contribution in [-0.4, -0.2) is 29.8 Å². The Hall–Kier alpha value is -1.60. The Balaban J connectivity index is 2.60. The summed E-state index contributed by atoms with van der Waals surface area (Å²) in [5.41, 5.74) is 0.844. The molecule has 1 unspecified atom stereocenters. The van der Waals surface area contributed by atoms with Crippen LogP contribution in [0.2, 0.25) is 0 Å². The first-order valence-electron chi connectivity index (χ1n) is 6.14. The number of nitrogens with one attached hydrogen (secondary N) is 2. The van der Waals surface area contributed by atoms with Crippen molar-refractivity contribution in [3.05, 3.63) is 29.8 Å². The minimum atomic E-state index is -4.90. The molecule has 1 atom stereocenters. The van der Waals surface area contributed by atoms with Crippen LogP contribution in [0.15, 0.2) is 24.3 Å². The standard InChI is InChI=1S/C13H17F3N2O2/c1-9(5-6-19)17-8-10-3-2-4-11(7-10)18-12(20)13(14,15)16/h2-4,7,9,17,19H,5-6,8H2,1H3,(H,18,20). The van der Waals surface area contributed by atoms with Crippen LogP contribution in [0.1, 0.15) is 18.9 Å². The zero-order chi connectivity index (χ0) is 15.2. The molecular formula is C13H17F3N2O2. The van der Waals surface area contributed by atoms with Crippen LogP contribution in [0.4, 0.5) is 18.9 Å². The molecule has 1 amide bonds. The number of benzene rings is 1. The van der Waals surface area contributed by atoms with Crippen LogP contribution < -0.4 is 10.6 Å². The lowest BCUT2D eigenvalue weighted by atomic mass is 10.1. The molecule has 1 aromatic rings. The van der Waals surface area contributed by atoms with Crippen molar-refractivity contribution in [3.8, 4) is 0 Å². The highest BCUT2D eigenvalue weighted by molar-refractivity contribution is 5.94. The van der Waals surface area contributed by atoms with E-state index in [4.69, 9.17) is 5.11 Å². The number of anilines is 1. The lowest BCUT2D eigenvalue weighted by Gasteiger charge is -2.13. The van der Waals surface area contributed by atoms with Crippen LogP contribution in [0.5, 0.6) is 0 Å². The maximum atomic E-state index is 12.1. The second-order valence-corrected chi connectivity index (χ2v) is 4.45. The summed E-state index contributed by atoms with van der Waals surface area (Å²) in [6, 6.07) is 6.27. The second kappa shape index (κ2) is 7.25. The number of aliphatic hydroxyl groups excluding tert-OH is 1. The molecule has 0 aliphatic rings. The van der Waals surface area contributed by atoms with E-state index in [1.54, 1.807) is 17.4 Å². The smallest absolute Gasteiger partial charge is 0.396 e. The Morgan fingerprint density at radius 3 is 2.70 bits per heavy atom. The third kappa shape index (κ3) is 5.58. The van der Waals surface area contributed by atoms with Crippen LogP contribution >= 0.6 is 0 Å². The lowest BCUT2D eigenvalue weighted by Crippen LogP contribution is -2.30. The van der Waals surface area contributed by atoms with Gasteiger partial charge >= 0.3 is 12.1 Å². The van der Waals surface area contributed by atoms with E-state index in [2.05, 4.69) is 5.32 Å². The average Bonchev–Trinajstić information content (AvgIpc) is 2.36. The highest BCUT2D eigenvalue weighted by Gasteiger charge is 2.38. The van der Waals surface area contributed by atoms with Crippen molar-refractivity contribution >= 4 is 11.6 Å². The van der Waals surface area contributed by atoms with Gasteiger partial charge in [-0.15, -0.1) is 0 Å². The predicted octanol–water partition coefficient (Wildman–Crippen LogP) is 2.05. The van der Waals surface area contributed by atoms with Gasteiger partial charge in [-0.2, -0.15) is 13.2 Å². The summed E-state index contributed by atoms with van der Waals surface area (Å²) in [4.78, 5) is 10.8. The summed E-state index contributed by atoms with van der Waals surface area (Å²) in [6.07, 6.45) is -4.31. The Morgan fingerprint density at radius 2 is 2.10 bits per heavy atom. The number of alkyl halides is 3. The van der Waals surface area contributed by atoms with E-state index in [1.165, 1.54) is 12.1 Å². The van der Waals surface area contributed by atoms with Gasteiger partial charge in [0.25, 0.3) is 0 Å². The van der Waals surface area contributed by atoms with Crippen molar-refractivity contribution < 1.29 is 23.1 Å². The van der Waals surface area contributed by atoms with E-state index >= 15 is 0 Å². The van der Waals surface area contributed by atoms with Crippen molar-refractivity contribution in [1.82, 2.24) is 5.32 Å². The molecule has 0 heterocycles. The molecule has 0 aromatic heterocycles. The van der Waals surface area contributed by atoms with Gasteiger partial charge in [-0.25, -0.2) is 0 Å². The summed E-state index contributed by atoms with van der Waals surface area (Å²) in [5.74, 6) is -1.99. The fraction of sp³-hybridized carbons (Fsp3) is 0.462. The third-order valence-corrected chi connectivity index (χ3v) is 2.66. The first-order chi connectivity index (χ1) is 9.32. The van der Waals surface area contributed by atoms with E-state index in [-0.39, 0.29) is 18.3 Å². The fourth-order valence-corrected chi connectivity index (χ4v) is 1.55. The van der Waals surface area contributed by atoms with Gasteiger partial charge in [-0.05, 0) is 31.0 Å². The van der Waals surface area contributed by atoms with Gasteiger partial charge in [0, 0.05) is 24.9 Å². The van der Waals surface area contributed by atoms with Gasteiger partial charge in [0.2, 0.25) is 0 Å². The van der Waals surface area contributed by atoms with Gasteiger partial charge in [-0.1, -0.05) is 12.1 Å². The molecule has 0 spiro atoms. The number of halogens is 3. The van der Waals surface area contributed by atoms with Crippen LogP contribution in [-0.2, 0) is 11.3 Å². The number of amides is 1. The van der Waals surface area contributed by atoms with Gasteiger partial charge in [0.15, 0.2) is 0 Å². The molecule has 0 fully saturated rings. The van der Waals surface area contributed by atoms with E-state index in [0.717, 1.165) is 5.56 Å². The summed E-state index contributed by atoms with van der Waals surface area (Å²) < 4.78 is 36.4. The summed E-state index contributed by atoms with van der Waals surface area (Å²) in [6.45, 7) is 2.40. The monoisotopic (exact) mass is 290 g/mol. The number of carbonyl (C=O) groups is 1. The zero-order valence-electron chi connectivity index (χ0n) is 11.0. The van der Waals surface area contributed by atoms with Crippen molar-refractivity contribution in [3.63, 3.8) is 0 Å². The quantitative estimate of drug-likeness (QED) is 0.751. The van der Waals surface area contributed by atoms with Gasteiger partial charge in [0.1, 0.15) is 0 Å². The third-order valence-electron chi connectivity index (χ3n) is 2.66. The normalized spacial score (nSPS) is 13.1. The average molecular weight is 290 g/mol. The Bertz CT molecular complexity index is 449. The number of carbonyl (C=O) groups excluding carboxylic acids is 1. The molecule has 1 aromatic carbocycles. The highest BCUT2D eigenvalue weighted by atomic mass is 19.4. The molecule has 0 bridgehead atoms. The van der Waals surface area contributed by atoms with Gasteiger partial charge in [-0.3, -0.25) is 4.79 Å².